The quantitative estimate of drug-likeness (QED) is 0.482. The molecule has 0 unspecified atom stereocenters. The zero-order valence-electron chi connectivity index (χ0n) is 17.2. The Labute approximate surface area is 170 Å². The van der Waals surface area contributed by atoms with Gasteiger partial charge < -0.3 is 14.4 Å². The lowest BCUT2D eigenvalue weighted by Crippen LogP contribution is -2.35. The monoisotopic (exact) mass is 401 g/mol. The van der Waals surface area contributed by atoms with Gasteiger partial charge in [-0.05, 0) is 57.5 Å². The van der Waals surface area contributed by atoms with E-state index in [1.807, 2.05) is 32.9 Å². The fourth-order valence-corrected chi connectivity index (χ4v) is 3.66. The van der Waals surface area contributed by atoms with Crippen LogP contribution in [0.25, 0.3) is 6.08 Å². The molecule has 0 aliphatic carbocycles. The first-order valence-electron chi connectivity index (χ1n) is 9.17. The highest BCUT2D eigenvalue weighted by molar-refractivity contribution is 7.12. The van der Waals surface area contributed by atoms with Crippen molar-refractivity contribution < 1.29 is 19.1 Å². The maximum absolute atomic E-state index is 12.4. The Morgan fingerprint density at radius 1 is 1.18 bits per heavy atom. The lowest BCUT2D eigenvalue weighted by Gasteiger charge is -2.20. The van der Waals surface area contributed by atoms with Crippen LogP contribution in [0.4, 0.5) is 0 Å². The molecule has 1 atom stereocenters. The van der Waals surface area contributed by atoms with E-state index in [9.17, 15) is 9.59 Å². The Morgan fingerprint density at radius 3 is 2.46 bits per heavy atom. The summed E-state index contributed by atoms with van der Waals surface area (Å²) in [4.78, 5) is 28.1. The smallest absolute Gasteiger partial charge is 0.262 e. The molecule has 0 radical (unpaired) electrons. The highest BCUT2D eigenvalue weighted by Crippen LogP contribution is 2.30. The number of likely N-dealkylation sites (N-methyl/N-ethyl adjacent to an activating group) is 1. The van der Waals surface area contributed by atoms with Gasteiger partial charge in [0.05, 0.1) is 6.61 Å². The second-order valence-electron chi connectivity index (χ2n) is 6.66. The van der Waals surface area contributed by atoms with Gasteiger partial charge in [-0.1, -0.05) is 12.1 Å². The van der Waals surface area contributed by atoms with Crippen molar-refractivity contribution in [3.8, 4) is 11.5 Å². The Hall–Kier alpha value is -2.60. The number of nitrogens with zero attached hydrogens (tertiary/aromatic N) is 1. The molecule has 1 aromatic heterocycles. The van der Waals surface area contributed by atoms with E-state index in [0.29, 0.717) is 18.1 Å². The van der Waals surface area contributed by atoms with E-state index in [0.717, 1.165) is 20.9 Å². The van der Waals surface area contributed by atoms with Crippen LogP contribution in [0.3, 0.4) is 0 Å². The number of carbonyl (C=O) groups is 2. The molecular weight excluding hydrogens is 374 g/mol. The SMILES string of the molecule is CCOc1cc(/C=C/C(=O)c2cc(C)sc2C)ccc1O[C@@H](C)C(=O)N(C)C. The van der Waals surface area contributed by atoms with Gasteiger partial charge in [-0.3, -0.25) is 9.59 Å². The molecule has 28 heavy (non-hydrogen) atoms. The number of ether oxygens (including phenoxy) is 2. The van der Waals surface area contributed by atoms with Crippen molar-refractivity contribution in [3.05, 3.63) is 51.2 Å². The molecule has 0 fully saturated rings. The molecule has 0 N–H and O–H groups in total. The van der Waals surface area contributed by atoms with Gasteiger partial charge in [0, 0.05) is 29.4 Å². The second kappa shape index (κ2) is 9.55. The van der Waals surface area contributed by atoms with E-state index in [-0.39, 0.29) is 11.7 Å². The number of hydrogen-bond acceptors (Lipinski definition) is 5. The van der Waals surface area contributed by atoms with Gasteiger partial charge in [0.25, 0.3) is 5.91 Å². The van der Waals surface area contributed by atoms with Crippen LogP contribution in [0.5, 0.6) is 11.5 Å². The van der Waals surface area contributed by atoms with Crippen LogP contribution in [0.2, 0.25) is 0 Å². The molecule has 1 heterocycles. The molecule has 0 spiro atoms. The second-order valence-corrected chi connectivity index (χ2v) is 8.12. The summed E-state index contributed by atoms with van der Waals surface area (Å²) < 4.78 is 11.4. The summed E-state index contributed by atoms with van der Waals surface area (Å²) in [5.41, 5.74) is 1.56. The molecule has 6 heteroatoms. The van der Waals surface area contributed by atoms with E-state index in [2.05, 4.69) is 0 Å². The van der Waals surface area contributed by atoms with Crippen molar-refractivity contribution in [2.24, 2.45) is 0 Å². The van der Waals surface area contributed by atoms with Crippen LogP contribution in [-0.2, 0) is 4.79 Å². The molecule has 5 nitrogen and oxygen atoms in total. The van der Waals surface area contributed by atoms with Crippen molar-refractivity contribution in [2.75, 3.05) is 20.7 Å². The fraction of sp³-hybridized carbons (Fsp3) is 0.364. The molecule has 1 amide bonds. The van der Waals surface area contributed by atoms with Gasteiger partial charge in [-0.15, -0.1) is 11.3 Å². The largest absolute Gasteiger partial charge is 0.490 e. The number of allylic oxidation sites excluding steroid dienone is 1. The lowest BCUT2D eigenvalue weighted by atomic mass is 10.1. The topological polar surface area (TPSA) is 55.8 Å². The Balaban J connectivity index is 2.20. The molecule has 0 saturated carbocycles. The fourth-order valence-electron chi connectivity index (χ4n) is 2.74. The number of carbonyl (C=O) groups excluding carboxylic acids is 2. The molecule has 150 valence electrons. The minimum Gasteiger partial charge on any atom is -0.490 e. The van der Waals surface area contributed by atoms with Crippen LogP contribution in [-0.4, -0.2) is 43.4 Å². The standard InChI is InChI=1S/C22H27NO4S/c1-7-26-21-13-17(8-10-19(24)18-12-14(2)28-16(18)4)9-11-20(21)27-15(3)22(25)23(5)6/h8-13,15H,7H2,1-6H3/b10-8+/t15-/m0/s1. The maximum Gasteiger partial charge on any atom is 0.262 e. The zero-order chi connectivity index (χ0) is 20.8. The molecule has 2 rings (SSSR count). The van der Waals surface area contributed by atoms with E-state index in [1.54, 1.807) is 56.6 Å². The number of benzene rings is 1. The van der Waals surface area contributed by atoms with E-state index in [4.69, 9.17) is 9.47 Å². The van der Waals surface area contributed by atoms with Gasteiger partial charge in [0.15, 0.2) is 23.4 Å². The summed E-state index contributed by atoms with van der Waals surface area (Å²) in [5, 5.41) is 0. The number of rotatable bonds is 8. The van der Waals surface area contributed by atoms with E-state index >= 15 is 0 Å². The predicted octanol–water partition coefficient (Wildman–Crippen LogP) is 4.52. The summed E-state index contributed by atoms with van der Waals surface area (Å²) in [6, 6.07) is 7.31. The van der Waals surface area contributed by atoms with Crippen LogP contribution < -0.4 is 9.47 Å². The van der Waals surface area contributed by atoms with Crippen molar-refractivity contribution >= 4 is 29.1 Å². The van der Waals surface area contributed by atoms with Gasteiger partial charge >= 0.3 is 0 Å². The van der Waals surface area contributed by atoms with Crippen LogP contribution >= 0.6 is 11.3 Å². The number of thiophene rings is 1. The first-order chi connectivity index (χ1) is 13.2. The zero-order valence-corrected chi connectivity index (χ0v) is 18.1. The summed E-state index contributed by atoms with van der Waals surface area (Å²) in [6.45, 7) is 8.00. The highest BCUT2D eigenvalue weighted by atomic mass is 32.1. The van der Waals surface area contributed by atoms with E-state index < -0.39 is 6.10 Å². The highest BCUT2D eigenvalue weighted by Gasteiger charge is 2.18. The number of hydrogen-bond donors (Lipinski definition) is 0. The van der Waals surface area contributed by atoms with Crippen LogP contribution in [0.1, 0.15) is 39.5 Å². The van der Waals surface area contributed by atoms with Crippen molar-refractivity contribution in [3.63, 3.8) is 0 Å². The van der Waals surface area contributed by atoms with Crippen molar-refractivity contribution in [1.82, 2.24) is 4.90 Å². The Kier molecular flexibility index (Phi) is 7.40. The van der Waals surface area contributed by atoms with Gasteiger partial charge in [-0.25, -0.2) is 0 Å². The average molecular weight is 402 g/mol. The van der Waals surface area contributed by atoms with E-state index in [1.165, 1.54) is 4.90 Å². The lowest BCUT2D eigenvalue weighted by molar-refractivity contribution is -0.135. The maximum atomic E-state index is 12.4. The van der Waals surface area contributed by atoms with Gasteiger partial charge in [-0.2, -0.15) is 0 Å². The van der Waals surface area contributed by atoms with Gasteiger partial charge in [0.2, 0.25) is 0 Å². The Morgan fingerprint density at radius 2 is 1.89 bits per heavy atom. The normalized spacial score (nSPS) is 12.1. The molecule has 0 aliphatic rings. The number of aryl methyl sites for hydroxylation is 2. The summed E-state index contributed by atoms with van der Waals surface area (Å²) in [7, 11) is 3.38. The first-order valence-corrected chi connectivity index (χ1v) is 9.98. The van der Waals surface area contributed by atoms with Crippen molar-refractivity contribution in [1.29, 1.82) is 0 Å². The summed E-state index contributed by atoms with van der Waals surface area (Å²) in [6.07, 6.45) is 2.70. The molecule has 1 aromatic carbocycles. The molecule has 0 saturated heterocycles. The minimum atomic E-state index is -0.623. The Bertz CT molecular complexity index is 883. The first kappa shape index (κ1) is 21.7. The molecular formula is C22H27NO4S. The molecule has 2 aromatic rings. The molecule has 0 aliphatic heterocycles. The third-order valence-corrected chi connectivity index (χ3v) is 5.06. The third-order valence-electron chi connectivity index (χ3n) is 4.09. The summed E-state index contributed by atoms with van der Waals surface area (Å²) in [5.74, 6) is 0.888. The predicted molar refractivity (Wildman–Crippen MR) is 114 cm³/mol. The van der Waals surface area contributed by atoms with Crippen LogP contribution in [0.15, 0.2) is 30.3 Å². The number of ketones is 1. The minimum absolute atomic E-state index is 0.0228. The number of amides is 1. The van der Waals surface area contributed by atoms with Gasteiger partial charge in [0.1, 0.15) is 0 Å². The average Bonchev–Trinajstić information content (AvgIpc) is 2.99. The van der Waals surface area contributed by atoms with Crippen molar-refractivity contribution in [2.45, 2.75) is 33.8 Å². The molecule has 0 bridgehead atoms. The third kappa shape index (κ3) is 5.45. The summed E-state index contributed by atoms with van der Waals surface area (Å²) >= 11 is 1.62. The van der Waals surface area contributed by atoms with Crippen LogP contribution in [0, 0.1) is 13.8 Å².